The number of alkyl halides is 3. The first-order valence-corrected chi connectivity index (χ1v) is 21.2. The molecule has 0 spiro atoms. The molecule has 0 fully saturated rings. The number of benzene rings is 5. The van der Waals surface area contributed by atoms with Gasteiger partial charge in [-0.25, -0.2) is 0 Å². The predicted molar refractivity (Wildman–Crippen MR) is 247 cm³/mol. The number of carbonyl (C=O) groups excluding carboxylic acids is 6. The van der Waals surface area contributed by atoms with E-state index in [1.807, 2.05) is 0 Å². The van der Waals surface area contributed by atoms with Crippen molar-refractivity contribution < 1.29 is 28.8 Å². The lowest BCUT2D eigenvalue weighted by Crippen LogP contribution is -2.32. The zero-order chi connectivity index (χ0) is 45.6. The minimum absolute atomic E-state index is 0.0321. The number of halogens is 5. The van der Waals surface area contributed by atoms with Crippen LogP contribution in [0.2, 0.25) is 10.0 Å². The molecular weight excluding hydrogens is 914 g/mol. The normalized spacial score (nSPS) is 12.1. The van der Waals surface area contributed by atoms with Crippen molar-refractivity contribution in [2.75, 3.05) is 27.1 Å². The fourth-order valence-electron chi connectivity index (χ4n) is 5.83. The Hall–Kier alpha value is -6.03. The number of nitrogens with one attached hydrogen (secondary N) is 4. The van der Waals surface area contributed by atoms with Gasteiger partial charge in [-0.15, -0.1) is 34.8 Å². The van der Waals surface area contributed by atoms with E-state index in [4.69, 9.17) is 58.0 Å². The van der Waals surface area contributed by atoms with E-state index in [0.717, 1.165) is 13.8 Å². The number of anilines is 4. The minimum atomic E-state index is -1.62. The van der Waals surface area contributed by atoms with Crippen LogP contribution in [-0.4, -0.2) is 53.2 Å². The van der Waals surface area contributed by atoms with Gasteiger partial charge in [-0.2, -0.15) is 20.5 Å². The maximum Gasteiger partial charge on any atom is 0.258 e. The highest BCUT2D eigenvalue weighted by atomic mass is 35.5. The molecule has 5 rings (SSSR count). The molecule has 2 unspecified atom stereocenters. The smallest absolute Gasteiger partial charge is 0.258 e. The van der Waals surface area contributed by atoms with Crippen molar-refractivity contribution in [3.8, 4) is 0 Å². The molecule has 5 aromatic carbocycles. The summed E-state index contributed by atoms with van der Waals surface area (Å²) in [4.78, 5) is 78.4. The van der Waals surface area contributed by atoms with Gasteiger partial charge in [-0.3, -0.25) is 28.8 Å². The van der Waals surface area contributed by atoms with Gasteiger partial charge in [0.1, 0.15) is 11.4 Å². The maximum atomic E-state index is 13.5. The van der Waals surface area contributed by atoms with E-state index < -0.39 is 47.3 Å². The van der Waals surface area contributed by atoms with Gasteiger partial charge in [0.2, 0.25) is 12.1 Å². The molecule has 4 amide bonds. The second kappa shape index (κ2) is 22.9. The molecule has 0 saturated heterocycles. The fourth-order valence-corrected chi connectivity index (χ4v) is 7.00. The van der Waals surface area contributed by atoms with Crippen molar-refractivity contribution in [1.29, 1.82) is 0 Å². The molecule has 63 heavy (non-hydrogen) atoms. The number of ketones is 2. The van der Waals surface area contributed by atoms with Crippen LogP contribution in [0.1, 0.15) is 51.3 Å². The van der Waals surface area contributed by atoms with Gasteiger partial charge < -0.3 is 21.3 Å². The number of azo groups is 2. The Balaban J connectivity index is 1.28. The second-order valence-electron chi connectivity index (χ2n) is 13.5. The number of nitrogens with zero attached hydrogens (tertiary/aromatic N) is 4. The van der Waals surface area contributed by atoms with Crippen LogP contribution >= 0.6 is 58.0 Å². The number of aryl methyl sites for hydroxylation is 1. The van der Waals surface area contributed by atoms with Crippen LogP contribution in [0.3, 0.4) is 0 Å². The summed E-state index contributed by atoms with van der Waals surface area (Å²) >= 11 is 31.2. The number of hydrogen-bond acceptors (Lipinski definition) is 10. The molecular formula is C44H37Cl5N8O6. The Morgan fingerprint density at radius 3 is 1.41 bits per heavy atom. The number of carbonyl (C=O) groups is 6. The summed E-state index contributed by atoms with van der Waals surface area (Å²) in [5, 5.41) is 26.7. The summed E-state index contributed by atoms with van der Waals surface area (Å²) in [5.41, 5.74) is 3.54. The third-order valence-electron chi connectivity index (χ3n) is 9.09. The Bertz CT molecular complexity index is 2620. The molecule has 0 aliphatic heterocycles. The predicted octanol–water partition coefficient (Wildman–Crippen LogP) is 11.1. The lowest BCUT2D eigenvalue weighted by atomic mass is 10.1. The lowest BCUT2D eigenvalue weighted by Gasteiger charge is -2.16. The summed E-state index contributed by atoms with van der Waals surface area (Å²) < 4.78 is 0. The summed E-state index contributed by atoms with van der Waals surface area (Å²) in [7, 11) is 0. The average Bonchev–Trinajstić information content (AvgIpc) is 3.26. The zero-order valence-corrected chi connectivity index (χ0v) is 37.2. The number of para-hydroxylation sites is 2. The van der Waals surface area contributed by atoms with Gasteiger partial charge in [0, 0.05) is 40.4 Å². The highest BCUT2D eigenvalue weighted by Crippen LogP contribution is 2.32. The number of rotatable bonds is 18. The monoisotopic (exact) mass is 948 g/mol. The molecule has 14 nitrogen and oxygen atoms in total. The molecule has 5 aromatic rings. The van der Waals surface area contributed by atoms with Crippen molar-refractivity contribution in [2.45, 2.75) is 44.1 Å². The highest BCUT2D eigenvalue weighted by molar-refractivity contribution is 6.37. The SMILES string of the molecule is CC(=O)C(N=Nc1cccc(C(=O)Nc2ccccc2CCl)c1Cl)C(=O)Nc1ccc(NC(=O)C(N=Nc2cccc(C(=O)Nc3ccccc3CCl)c2Cl)C(C)=O)c(CCCl)c1. The van der Waals surface area contributed by atoms with Crippen LogP contribution in [0.4, 0.5) is 34.1 Å². The minimum Gasteiger partial charge on any atom is -0.324 e. The first kappa shape index (κ1) is 48.0. The molecule has 4 N–H and O–H groups in total. The van der Waals surface area contributed by atoms with Crippen molar-refractivity contribution in [3.05, 3.63) is 141 Å². The lowest BCUT2D eigenvalue weighted by molar-refractivity contribution is -0.127. The van der Waals surface area contributed by atoms with Gasteiger partial charge >= 0.3 is 0 Å². The van der Waals surface area contributed by atoms with Crippen LogP contribution in [0.25, 0.3) is 0 Å². The molecule has 0 bridgehead atoms. The molecule has 0 aliphatic rings. The Kier molecular flexibility index (Phi) is 17.4. The molecule has 0 heterocycles. The standard InChI is InChI=1S/C44H37Cl5N8O6/c1-24(58)39(56-54-35-15-7-11-30(37(35)48)41(60)51-32-13-5-3-9-27(32)22-46)43(62)50-29-17-18-34(26(21-29)19-20-45)53-44(63)40(25(2)59)57-55-36-16-8-12-31(38(36)49)42(61)52-33-14-6-4-10-28(33)23-47/h3-18,21,39-40H,19-20,22-23H2,1-2H3,(H,50,62)(H,51,60)(H,52,61)(H,53,63). The Morgan fingerprint density at radius 1 is 0.524 bits per heavy atom. The summed E-state index contributed by atoms with van der Waals surface area (Å²) in [6, 6.07) is 24.1. The Morgan fingerprint density at radius 2 is 0.968 bits per heavy atom. The van der Waals surface area contributed by atoms with E-state index in [1.165, 1.54) is 54.6 Å². The number of hydrogen-bond donors (Lipinski definition) is 4. The van der Waals surface area contributed by atoms with E-state index in [1.54, 1.807) is 48.5 Å². The van der Waals surface area contributed by atoms with E-state index >= 15 is 0 Å². The molecule has 19 heteroatoms. The van der Waals surface area contributed by atoms with Crippen molar-refractivity contribution in [3.63, 3.8) is 0 Å². The van der Waals surface area contributed by atoms with E-state index in [2.05, 4.69) is 41.7 Å². The highest BCUT2D eigenvalue weighted by Gasteiger charge is 2.27. The number of Topliss-reactive ketones (excluding diaryl/α,β-unsaturated/α-hetero) is 2. The van der Waals surface area contributed by atoms with Gasteiger partial charge in [0.15, 0.2) is 11.6 Å². The first-order valence-electron chi connectivity index (χ1n) is 18.9. The fraction of sp³-hybridized carbons (Fsp3) is 0.182. The molecule has 0 saturated carbocycles. The van der Waals surface area contributed by atoms with Crippen molar-refractivity contribution in [2.24, 2.45) is 20.5 Å². The van der Waals surface area contributed by atoms with Gasteiger partial charge in [0.25, 0.3) is 23.6 Å². The average molecular weight is 951 g/mol. The van der Waals surface area contributed by atoms with Crippen LogP contribution in [0.15, 0.2) is 124 Å². The number of amides is 4. The second-order valence-corrected chi connectivity index (χ2v) is 15.2. The van der Waals surface area contributed by atoms with Crippen molar-refractivity contribution >= 4 is 127 Å². The van der Waals surface area contributed by atoms with Crippen LogP contribution in [0, 0.1) is 0 Å². The summed E-state index contributed by atoms with van der Waals surface area (Å²) in [6.07, 6.45) is 0.211. The summed E-state index contributed by atoms with van der Waals surface area (Å²) in [6.45, 7) is 2.32. The molecule has 0 radical (unpaired) electrons. The first-order chi connectivity index (χ1) is 30.3. The third kappa shape index (κ3) is 12.6. The zero-order valence-electron chi connectivity index (χ0n) is 33.4. The van der Waals surface area contributed by atoms with E-state index in [9.17, 15) is 28.8 Å². The van der Waals surface area contributed by atoms with Crippen LogP contribution in [-0.2, 0) is 37.4 Å². The van der Waals surface area contributed by atoms with Gasteiger partial charge in [-0.1, -0.05) is 71.7 Å². The van der Waals surface area contributed by atoms with Gasteiger partial charge in [-0.05, 0) is 91.6 Å². The van der Waals surface area contributed by atoms with E-state index in [0.29, 0.717) is 28.1 Å². The maximum absolute atomic E-state index is 13.5. The molecule has 0 aliphatic carbocycles. The van der Waals surface area contributed by atoms with E-state index in [-0.39, 0.29) is 68.0 Å². The third-order valence-corrected chi connectivity index (χ3v) is 10.6. The Labute approximate surface area is 386 Å². The van der Waals surface area contributed by atoms with Crippen LogP contribution < -0.4 is 21.3 Å². The molecule has 2 atom stereocenters. The topological polar surface area (TPSA) is 200 Å². The molecule has 324 valence electrons. The quantitative estimate of drug-likeness (QED) is 0.0382. The van der Waals surface area contributed by atoms with Crippen LogP contribution in [0.5, 0.6) is 0 Å². The van der Waals surface area contributed by atoms with Crippen molar-refractivity contribution in [1.82, 2.24) is 0 Å². The largest absolute Gasteiger partial charge is 0.324 e. The van der Waals surface area contributed by atoms with Gasteiger partial charge in [0.05, 0.1) is 21.2 Å². The molecule has 0 aromatic heterocycles. The summed E-state index contributed by atoms with van der Waals surface area (Å²) in [5.74, 6) is -3.58.